The van der Waals surface area contributed by atoms with Crippen LogP contribution in [-0.4, -0.2) is 35.2 Å². The molecule has 0 amide bonds. The smallest absolute Gasteiger partial charge is 0.0672 e. The molecule has 0 aromatic heterocycles. The molecule has 90 valence electrons. The Kier molecular flexibility index (Phi) is 5.62. The molecule has 1 aliphatic heterocycles. The number of nitrogens with zero attached hydrogens (tertiary/aromatic N) is 1. The molecule has 1 N–H and O–H groups in total. The molecule has 0 radical (unpaired) electrons. The summed E-state index contributed by atoms with van der Waals surface area (Å²) in [5.41, 5.74) is -0.334. The van der Waals surface area contributed by atoms with Crippen molar-refractivity contribution in [2.75, 3.05) is 19.6 Å². The SMILES string of the molecule is CCCCCCC1(O)CCN(CC)CC1. The highest BCUT2D eigenvalue weighted by molar-refractivity contribution is 4.85. The molecule has 0 aromatic rings. The van der Waals surface area contributed by atoms with Gasteiger partial charge in [0.15, 0.2) is 0 Å². The molecule has 0 aromatic carbocycles. The van der Waals surface area contributed by atoms with Gasteiger partial charge in [-0.15, -0.1) is 0 Å². The number of hydrogen-bond acceptors (Lipinski definition) is 2. The Labute approximate surface area is 94.7 Å². The molecular weight excluding hydrogens is 186 g/mol. The van der Waals surface area contributed by atoms with E-state index in [1.54, 1.807) is 0 Å². The monoisotopic (exact) mass is 213 g/mol. The van der Waals surface area contributed by atoms with Crippen LogP contribution in [0.15, 0.2) is 0 Å². The summed E-state index contributed by atoms with van der Waals surface area (Å²) in [7, 11) is 0. The van der Waals surface area contributed by atoms with E-state index in [0.717, 1.165) is 38.9 Å². The summed E-state index contributed by atoms with van der Waals surface area (Å²) in [6.45, 7) is 7.73. The van der Waals surface area contributed by atoms with E-state index in [0.29, 0.717) is 0 Å². The van der Waals surface area contributed by atoms with E-state index in [1.807, 2.05) is 0 Å². The Morgan fingerprint density at radius 3 is 2.27 bits per heavy atom. The third-order valence-electron chi connectivity index (χ3n) is 3.73. The number of hydrogen-bond donors (Lipinski definition) is 1. The van der Waals surface area contributed by atoms with Gasteiger partial charge in [0.05, 0.1) is 5.60 Å². The molecule has 0 bridgehead atoms. The fourth-order valence-electron chi connectivity index (χ4n) is 2.42. The van der Waals surface area contributed by atoms with Gasteiger partial charge in [0.1, 0.15) is 0 Å². The predicted molar refractivity (Wildman–Crippen MR) is 65.1 cm³/mol. The zero-order chi connectivity index (χ0) is 11.1. The second-order valence-electron chi connectivity index (χ2n) is 4.97. The van der Waals surface area contributed by atoms with Crippen molar-refractivity contribution in [3.63, 3.8) is 0 Å². The first-order valence-corrected chi connectivity index (χ1v) is 6.65. The van der Waals surface area contributed by atoms with Crippen molar-refractivity contribution in [3.8, 4) is 0 Å². The van der Waals surface area contributed by atoms with Gasteiger partial charge in [-0.25, -0.2) is 0 Å². The summed E-state index contributed by atoms with van der Waals surface area (Å²) in [5, 5.41) is 10.4. The van der Waals surface area contributed by atoms with Crippen LogP contribution in [0.4, 0.5) is 0 Å². The van der Waals surface area contributed by atoms with Crippen LogP contribution >= 0.6 is 0 Å². The Morgan fingerprint density at radius 2 is 1.73 bits per heavy atom. The molecule has 1 saturated heterocycles. The minimum Gasteiger partial charge on any atom is -0.390 e. The van der Waals surface area contributed by atoms with Crippen molar-refractivity contribution in [2.24, 2.45) is 0 Å². The lowest BCUT2D eigenvalue weighted by molar-refractivity contribution is -0.0281. The van der Waals surface area contributed by atoms with Gasteiger partial charge < -0.3 is 10.0 Å². The second-order valence-corrected chi connectivity index (χ2v) is 4.97. The first kappa shape index (κ1) is 13.0. The van der Waals surface area contributed by atoms with E-state index in [4.69, 9.17) is 0 Å². The van der Waals surface area contributed by atoms with Gasteiger partial charge in [-0.1, -0.05) is 39.5 Å². The molecule has 1 heterocycles. The Balaban J connectivity index is 2.17. The molecule has 2 heteroatoms. The van der Waals surface area contributed by atoms with Crippen LogP contribution in [0.5, 0.6) is 0 Å². The standard InChI is InChI=1S/C13H27NO/c1-3-5-6-7-8-13(15)9-11-14(4-2)12-10-13/h15H,3-12H2,1-2H3. The lowest BCUT2D eigenvalue weighted by atomic mass is 9.86. The number of unbranched alkanes of at least 4 members (excludes halogenated alkanes) is 3. The second kappa shape index (κ2) is 6.49. The topological polar surface area (TPSA) is 23.5 Å². The number of likely N-dealkylation sites (tertiary alicyclic amines) is 1. The van der Waals surface area contributed by atoms with Gasteiger partial charge in [-0.05, 0) is 25.8 Å². The number of piperidine rings is 1. The summed E-state index contributed by atoms with van der Waals surface area (Å²) in [6.07, 6.45) is 8.07. The molecule has 0 aliphatic carbocycles. The van der Waals surface area contributed by atoms with Gasteiger partial charge >= 0.3 is 0 Å². The Hall–Kier alpha value is -0.0800. The van der Waals surface area contributed by atoms with Crippen molar-refractivity contribution >= 4 is 0 Å². The summed E-state index contributed by atoms with van der Waals surface area (Å²) in [6, 6.07) is 0. The highest BCUT2D eigenvalue weighted by Gasteiger charge is 2.30. The summed E-state index contributed by atoms with van der Waals surface area (Å²) < 4.78 is 0. The highest BCUT2D eigenvalue weighted by Crippen LogP contribution is 2.27. The van der Waals surface area contributed by atoms with E-state index >= 15 is 0 Å². The Morgan fingerprint density at radius 1 is 1.07 bits per heavy atom. The average molecular weight is 213 g/mol. The van der Waals surface area contributed by atoms with Crippen LogP contribution in [0.25, 0.3) is 0 Å². The van der Waals surface area contributed by atoms with E-state index in [1.165, 1.54) is 25.7 Å². The van der Waals surface area contributed by atoms with Crippen LogP contribution < -0.4 is 0 Å². The molecule has 1 rings (SSSR count). The highest BCUT2D eigenvalue weighted by atomic mass is 16.3. The van der Waals surface area contributed by atoms with Crippen molar-refractivity contribution in [3.05, 3.63) is 0 Å². The molecule has 2 nitrogen and oxygen atoms in total. The zero-order valence-corrected chi connectivity index (χ0v) is 10.5. The molecule has 0 spiro atoms. The molecule has 0 atom stereocenters. The molecule has 1 fully saturated rings. The van der Waals surface area contributed by atoms with Crippen LogP contribution in [0.3, 0.4) is 0 Å². The van der Waals surface area contributed by atoms with E-state index in [2.05, 4.69) is 18.7 Å². The van der Waals surface area contributed by atoms with Crippen molar-refractivity contribution in [1.82, 2.24) is 4.90 Å². The number of rotatable bonds is 6. The summed E-state index contributed by atoms with van der Waals surface area (Å²) in [4.78, 5) is 2.43. The Bertz CT molecular complexity index is 162. The minimum absolute atomic E-state index is 0.334. The lowest BCUT2D eigenvalue weighted by Crippen LogP contribution is -2.44. The quantitative estimate of drug-likeness (QED) is 0.686. The zero-order valence-electron chi connectivity index (χ0n) is 10.5. The fourth-order valence-corrected chi connectivity index (χ4v) is 2.42. The third kappa shape index (κ3) is 4.52. The van der Waals surface area contributed by atoms with Gasteiger partial charge in [0, 0.05) is 13.1 Å². The van der Waals surface area contributed by atoms with E-state index in [-0.39, 0.29) is 5.60 Å². The van der Waals surface area contributed by atoms with Gasteiger partial charge in [-0.3, -0.25) is 0 Å². The molecule has 15 heavy (non-hydrogen) atoms. The van der Waals surface area contributed by atoms with Crippen LogP contribution in [0.1, 0.15) is 58.8 Å². The van der Waals surface area contributed by atoms with E-state index < -0.39 is 0 Å². The summed E-state index contributed by atoms with van der Waals surface area (Å²) >= 11 is 0. The van der Waals surface area contributed by atoms with Crippen molar-refractivity contribution < 1.29 is 5.11 Å². The normalized spacial score (nSPS) is 21.8. The minimum atomic E-state index is -0.334. The number of aliphatic hydroxyl groups is 1. The first-order chi connectivity index (χ1) is 7.20. The van der Waals surface area contributed by atoms with Crippen molar-refractivity contribution in [1.29, 1.82) is 0 Å². The molecular formula is C13H27NO. The largest absolute Gasteiger partial charge is 0.390 e. The van der Waals surface area contributed by atoms with Gasteiger partial charge in [-0.2, -0.15) is 0 Å². The van der Waals surface area contributed by atoms with Crippen LogP contribution in [-0.2, 0) is 0 Å². The maximum atomic E-state index is 10.4. The predicted octanol–water partition coefficient (Wildman–Crippen LogP) is 2.80. The molecule has 0 unspecified atom stereocenters. The van der Waals surface area contributed by atoms with Crippen LogP contribution in [0.2, 0.25) is 0 Å². The maximum Gasteiger partial charge on any atom is 0.0672 e. The summed E-state index contributed by atoms with van der Waals surface area (Å²) in [5.74, 6) is 0. The van der Waals surface area contributed by atoms with Gasteiger partial charge in [0.25, 0.3) is 0 Å². The molecule has 0 saturated carbocycles. The average Bonchev–Trinajstić information content (AvgIpc) is 2.26. The molecule has 1 aliphatic rings. The first-order valence-electron chi connectivity index (χ1n) is 6.65. The lowest BCUT2D eigenvalue weighted by Gasteiger charge is -2.37. The third-order valence-corrected chi connectivity index (χ3v) is 3.73. The van der Waals surface area contributed by atoms with E-state index in [9.17, 15) is 5.11 Å². The van der Waals surface area contributed by atoms with Crippen molar-refractivity contribution in [2.45, 2.75) is 64.4 Å². The van der Waals surface area contributed by atoms with Crippen LogP contribution in [0, 0.1) is 0 Å². The van der Waals surface area contributed by atoms with Gasteiger partial charge in [0.2, 0.25) is 0 Å². The maximum absolute atomic E-state index is 10.4. The fraction of sp³-hybridized carbons (Fsp3) is 1.00.